The fraction of sp³-hybridized carbons (Fsp3) is 0.211. The van der Waals surface area contributed by atoms with Crippen molar-refractivity contribution in [3.63, 3.8) is 0 Å². The van der Waals surface area contributed by atoms with E-state index in [0.29, 0.717) is 0 Å². The number of benzene rings is 4. The Bertz CT molecular complexity index is 2120. The maximum Gasteiger partial charge on any atom is 0.347 e. The van der Waals surface area contributed by atoms with Gasteiger partial charge in [-0.3, -0.25) is 4.79 Å². The smallest absolute Gasteiger partial charge is 0.347 e. The number of carbonyl (C=O) groups excluding carboxylic acids is 3. The minimum Gasteiger partial charge on any atom is -0.504 e. The lowest BCUT2D eigenvalue weighted by Crippen LogP contribution is -2.34. The van der Waals surface area contributed by atoms with E-state index in [1.54, 1.807) is 0 Å². The van der Waals surface area contributed by atoms with Crippen molar-refractivity contribution in [2.24, 2.45) is 0 Å². The molecule has 0 spiro atoms. The molecule has 0 saturated carbocycles. The summed E-state index contributed by atoms with van der Waals surface area (Å²) in [7, 11) is 0. The molecule has 0 unspecified atom stereocenters. The Kier molecular flexibility index (Phi) is 11.3. The molecule has 0 fully saturated rings. The predicted octanol–water partition coefficient (Wildman–Crippen LogP) is 3.81. The summed E-state index contributed by atoms with van der Waals surface area (Å²) in [4.78, 5) is 52.1. The van der Waals surface area contributed by atoms with Crippen LogP contribution in [0.2, 0.25) is 0 Å². The van der Waals surface area contributed by atoms with Gasteiger partial charge in [0, 0.05) is 24.5 Å². The highest BCUT2D eigenvalue weighted by molar-refractivity contribution is 5.92. The average molecular weight is 747 g/mol. The third kappa shape index (κ3) is 8.50. The van der Waals surface area contributed by atoms with Gasteiger partial charge in [-0.15, -0.1) is 0 Å². The number of hydrogen-bond donors (Lipinski definition) is 8. The summed E-state index contributed by atoms with van der Waals surface area (Å²) in [6, 6.07) is 13.4. The van der Waals surface area contributed by atoms with E-state index in [1.807, 2.05) is 0 Å². The highest BCUT2D eigenvalue weighted by Crippen LogP contribution is 2.53. The molecule has 0 bridgehead atoms. The Morgan fingerprint density at radius 2 is 1.26 bits per heavy atom. The summed E-state index contributed by atoms with van der Waals surface area (Å²) >= 11 is 0. The molecule has 8 N–H and O–H groups in total. The molecule has 0 aliphatic carbocycles. The summed E-state index contributed by atoms with van der Waals surface area (Å²) in [5.74, 6) is -9.82. The summed E-state index contributed by atoms with van der Waals surface area (Å²) in [6.45, 7) is 1.44. The van der Waals surface area contributed by atoms with Crippen molar-refractivity contribution in [3.8, 4) is 46.0 Å². The van der Waals surface area contributed by atoms with E-state index in [-0.39, 0.29) is 53.0 Å². The molecule has 1 aliphatic rings. The number of rotatable bonds is 13. The molecular weight excluding hydrogens is 712 g/mol. The second-order valence-electron chi connectivity index (χ2n) is 12.0. The SMILES string of the molecule is CCOC(=O)[C@@H](Cc1ccc(O)c(O)c1)OC(=O)[C@H]1c2c(/C=C/C(=O)O[C@H](Cc3ccc(O)c(O)c3)C(=O)O)ccc(O)c2O[C@@H]1c1ccc(O)c(O)c1. The van der Waals surface area contributed by atoms with Gasteiger partial charge >= 0.3 is 23.9 Å². The Morgan fingerprint density at radius 3 is 1.81 bits per heavy atom. The summed E-state index contributed by atoms with van der Waals surface area (Å²) < 4.78 is 22.0. The standard InChI is InChI=1S/C38H34O16/c1-2-51-37(49)30(16-19-4-9-23(40)27(44)14-19)53-38(50)33-32-20(5-11-25(42)35(32)54-34(33)21-6-10-24(41)28(45)17-21)7-12-31(46)52-29(36(47)48)15-18-3-8-22(39)26(43)13-18/h3-14,17,29-30,33-34,39-45H,2,15-16H2,1H3,(H,47,48)/b12-7+/t29-,30-,33+,34-/m1/s1. The Labute approximate surface area is 305 Å². The first kappa shape index (κ1) is 38.1. The van der Waals surface area contributed by atoms with Crippen LogP contribution in [0.5, 0.6) is 46.0 Å². The van der Waals surface area contributed by atoms with Gasteiger partial charge in [0.1, 0.15) is 12.0 Å². The molecular formula is C38H34O16. The lowest BCUT2D eigenvalue weighted by Gasteiger charge is -2.23. The van der Waals surface area contributed by atoms with Crippen molar-refractivity contribution in [2.45, 2.75) is 44.0 Å². The molecule has 282 valence electrons. The van der Waals surface area contributed by atoms with Crippen LogP contribution in [0, 0.1) is 0 Å². The fourth-order valence-corrected chi connectivity index (χ4v) is 5.72. The van der Waals surface area contributed by atoms with E-state index in [4.69, 9.17) is 18.9 Å². The molecule has 1 heterocycles. The van der Waals surface area contributed by atoms with Crippen LogP contribution in [0.4, 0.5) is 0 Å². The highest BCUT2D eigenvalue weighted by atomic mass is 16.6. The normalized spacial score (nSPS) is 15.8. The zero-order chi connectivity index (χ0) is 39.3. The number of phenols is 7. The van der Waals surface area contributed by atoms with Crippen LogP contribution < -0.4 is 4.74 Å². The largest absolute Gasteiger partial charge is 0.504 e. The number of hydrogen-bond acceptors (Lipinski definition) is 15. The number of esters is 3. The molecule has 0 amide bonds. The quantitative estimate of drug-likeness (QED) is 0.0418. The van der Waals surface area contributed by atoms with Gasteiger partial charge < -0.3 is 59.8 Å². The van der Waals surface area contributed by atoms with Crippen molar-refractivity contribution < 1.29 is 79.0 Å². The van der Waals surface area contributed by atoms with E-state index < -0.39 is 88.4 Å². The van der Waals surface area contributed by atoms with Gasteiger partial charge in [-0.05, 0) is 77.7 Å². The van der Waals surface area contributed by atoms with Crippen LogP contribution in [0.25, 0.3) is 6.08 Å². The van der Waals surface area contributed by atoms with Crippen molar-refractivity contribution in [2.75, 3.05) is 6.61 Å². The number of ether oxygens (including phenoxy) is 4. The molecule has 54 heavy (non-hydrogen) atoms. The second kappa shape index (κ2) is 16.1. The Hall–Kier alpha value is -7.10. The van der Waals surface area contributed by atoms with E-state index in [1.165, 1.54) is 43.3 Å². The zero-order valence-corrected chi connectivity index (χ0v) is 28.3. The molecule has 16 nitrogen and oxygen atoms in total. The molecule has 1 aliphatic heterocycles. The van der Waals surface area contributed by atoms with Crippen LogP contribution in [-0.2, 0) is 46.2 Å². The molecule has 0 aromatic heterocycles. The van der Waals surface area contributed by atoms with E-state index in [9.17, 15) is 60.0 Å². The summed E-state index contributed by atoms with van der Waals surface area (Å²) in [5.41, 5.74) is 0.678. The number of aliphatic carboxylic acids is 1. The maximum absolute atomic E-state index is 14.2. The number of carbonyl (C=O) groups is 4. The number of fused-ring (bicyclic) bond motifs is 1. The van der Waals surface area contributed by atoms with Crippen molar-refractivity contribution in [1.82, 2.24) is 0 Å². The minimum atomic E-state index is -1.72. The molecule has 4 aromatic rings. The first-order chi connectivity index (χ1) is 25.7. The number of carboxylic acid groups (broad SMARTS) is 1. The maximum atomic E-state index is 14.2. The number of phenolic OH excluding ortho intramolecular Hbond substituents is 7. The van der Waals surface area contributed by atoms with Crippen molar-refractivity contribution in [1.29, 1.82) is 0 Å². The lowest BCUT2D eigenvalue weighted by molar-refractivity contribution is -0.169. The van der Waals surface area contributed by atoms with Crippen molar-refractivity contribution >= 4 is 30.0 Å². The Balaban J connectivity index is 1.49. The van der Waals surface area contributed by atoms with Crippen molar-refractivity contribution in [3.05, 3.63) is 101 Å². The topological polar surface area (TPSA) is 267 Å². The molecule has 4 atom stereocenters. The predicted molar refractivity (Wildman–Crippen MR) is 184 cm³/mol. The first-order valence-electron chi connectivity index (χ1n) is 16.2. The van der Waals surface area contributed by atoms with Gasteiger partial charge in [0.15, 0.2) is 46.0 Å². The van der Waals surface area contributed by atoms with Gasteiger partial charge in [-0.25, -0.2) is 14.4 Å². The van der Waals surface area contributed by atoms with Crippen LogP contribution in [0.1, 0.15) is 46.8 Å². The third-order valence-corrected chi connectivity index (χ3v) is 8.31. The van der Waals surface area contributed by atoms with Crippen LogP contribution in [-0.4, -0.2) is 83.5 Å². The van der Waals surface area contributed by atoms with Crippen LogP contribution >= 0.6 is 0 Å². The zero-order valence-electron chi connectivity index (χ0n) is 28.3. The molecule has 5 rings (SSSR count). The second-order valence-corrected chi connectivity index (χ2v) is 12.0. The summed E-state index contributed by atoms with van der Waals surface area (Å²) in [5, 5.41) is 79.8. The summed E-state index contributed by atoms with van der Waals surface area (Å²) in [6.07, 6.45) is -3.34. The monoisotopic (exact) mass is 746 g/mol. The van der Waals surface area contributed by atoms with Crippen LogP contribution in [0.3, 0.4) is 0 Å². The average Bonchev–Trinajstić information content (AvgIpc) is 3.54. The third-order valence-electron chi connectivity index (χ3n) is 8.31. The van der Waals surface area contributed by atoms with Gasteiger partial charge in [0.25, 0.3) is 0 Å². The van der Waals surface area contributed by atoms with Gasteiger partial charge in [0.05, 0.1) is 6.61 Å². The molecule has 16 heteroatoms. The van der Waals surface area contributed by atoms with E-state index >= 15 is 0 Å². The van der Waals surface area contributed by atoms with E-state index in [2.05, 4.69) is 0 Å². The van der Waals surface area contributed by atoms with Gasteiger partial charge in [-0.1, -0.05) is 24.3 Å². The van der Waals surface area contributed by atoms with Crippen LogP contribution in [0.15, 0.2) is 72.8 Å². The number of carboxylic acids is 1. The molecule has 4 aromatic carbocycles. The van der Waals surface area contributed by atoms with Gasteiger partial charge in [0.2, 0.25) is 12.2 Å². The molecule has 0 saturated heterocycles. The van der Waals surface area contributed by atoms with E-state index in [0.717, 1.165) is 42.5 Å². The molecule has 0 radical (unpaired) electrons. The Morgan fingerprint density at radius 1 is 0.704 bits per heavy atom. The lowest BCUT2D eigenvalue weighted by atomic mass is 9.87. The number of aromatic hydroxyl groups is 7. The highest BCUT2D eigenvalue weighted by Gasteiger charge is 2.46. The minimum absolute atomic E-state index is 0.0409. The van der Waals surface area contributed by atoms with Gasteiger partial charge in [-0.2, -0.15) is 0 Å². The fourth-order valence-electron chi connectivity index (χ4n) is 5.72. The first-order valence-corrected chi connectivity index (χ1v) is 16.2.